The summed E-state index contributed by atoms with van der Waals surface area (Å²) in [7, 11) is 0. The number of nitrogens with one attached hydrogen (secondary N) is 2. The monoisotopic (exact) mass is 360 g/mol. The van der Waals surface area contributed by atoms with Gasteiger partial charge in [-0.15, -0.1) is 0 Å². The van der Waals surface area contributed by atoms with Crippen molar-refractivity contribution in [3.8, 4) is 0 Å². The third kappa shape index (κ3) is 5.41. The van der Waals surface area contributed by atoms with Gasteiger partial charge in [-0.05, 0) is 37.0 Å². The Bertz CT molecular complexity index is 702. The second-order valence-corrected chi connectivity index (χ2v) is 6.38. The molecule has 1 atom stereocenters. The lowest BCUT2D eigenvalue weighted by Gasteiger charge is -2.11. The molecule has 2 heterocycles. The van der Waals surface area contributed by atoms with Crippen LogP contribution in [0.5, 0.6) is 0 Å². The zero-order valence-corrected chi connectivity index (χ0v) is 14.6. The van der Waals surface area contributed by atoms with E-state index in [1.54, 1.807) is 6.20 Å². The third-order valence-corrected chi connectivity index (χ3v) is 4.24. The fourth-order valence-corrected chi connectivity index (χ4v) is 2.88. The molecule has 1 aliphatic rings. The molecular weight excluding hydrogens is 340 g/mol. The highest BCUT2D eigenvalue weighted by Gasteiger charge is 2.15. The lowest BCUT2D eigenvalue weighted by atomic mass is 10.1. The molecule has 7 heteroatoms. The van der Waals surface area contributed by atoms with Crippen LogP contribution in [0.1, 0.15) is 28.9 Å². The number of carbonyl (C=O) groups is 1. The van der Waals surface area contributed by atoms with E-state index in [0.717, 1.165) is 25.0 Å². The molecule has 25 heavy (non-hydrogen) atoms. The van der Waals surface area contributed by atoms with Crippen LogP contribution in [0.4, 0.5) is 5.82 Å². The van der Waals surface area contributed by atoms with Crippen molar-refractivity contribution >= 4 is 23.3 Å². The number of ether oxygens (including phenoxy) is 1. The second-order valence-electron chi connectivity index (χ2n) is 5.94. The molecule has 3 rings (SSSR count). The Hall–Kier alpha value is -2.18. The fraction of sp³-hybridized carbons (Fsp3) is 0.389. The van der Waals surface area contributed by atoms with Crippen LogP contribution >= 0.6 is 11.6 Å². The predicted molar refractivity (Wildman–Crippen MR) is 97.0 cm³/mol. The molecule has 2 aromatic rings. The number of carbonyl (C=O) groups excluding carboxylic acids is 1. The van der Waals surface area contributed by atoms with E-state index in [4.69, 9.17) is 16.3 Å². The largest absolute Gasteiger partial charge is 0.376 e. The van der Waals surface area contributed by atoms with Gasteiger partial charge >= 0.3 is 0 Å². The molecule has 1 saturated heterocycles. The summed E-state index contributed by atoms with van der Waals surface area (Å²) in [5, 5.41) is 6.71. The van der Waals surface area contributed by atoms with E-state index in [0.29, 0.717) is 36.0 Å². The maximum atomic E-state index is 12.1. The van der Waals surface area contributed by atoms with Gasteiger partial charge in [0.05, 0.1) is 18.5 Å². The number of benzene rings is 1. The van der Waals surface area contributed by atoms with Gasteiger partial charge in [-0.3, -0.25) is 4.79 Å². The van der Waals surface area contributed by atoms with Crippen LogP contribution in [-0.2, 0) is 11.2 Å². The van der Waals surface area contributed by atoms with Gasteiger partial charge in [0.1, 0.15) is 11.5 Å². The van der Waals surface area contributed by atoms with Crippen molar-refractivity contribution in [1.29, 1.82) is 0 Å². The van der Waals surface area contributed by atoms with Gasteiger partial charge in [-0.25, -0.2) is 9.97 Å². The van der Waals surface area contributed by atoms with E-state index in [2.05, 4.69) is 20.6 Å². The molecule has 2 N–H and O–H groups in total. The van der Waals surface area contributed by atoms with E-state index in [-0.39, 0.29) is 12.0 Å². The molecule has 0 spiro atoms. The van der Waals surface area contributed by atoms with Crippen molar-refractivity contribution in [2.45, 2.75) is 25.4 Å². The molecular formula is C18H21ClN4O2. The summed E-state index contributed by atoms with van der Waals surface area (Å²) >= 11 is 5.94. The van der Waals surface area contributed by atoms with Crippen LogP contribution in [0.25, 0.3) is 0 Å². The second kappa shape index (κ2) is 8.78. The highest BCUT2D eigenvalue weighted by atomic mass is 35.5. The maximum absolute atomic E-state index is 12.1. The summed E-state index contributed by atoms with van der Waals surface area (Å²) in [4.78, 5) is 20.5. The summed E-state index contributed by atoms with van der Waals surface area (Å²) in [5.41, 5.74) is 1.38. The predicted octanol–water partition coefficient (Wildman–Crippen LogP) is 2.69. The average molecular weight is 361 g/mol. The summed E-state index contributed by atoms with van der Waals surface area (Å²) in [6, 6.07) is 7.59. The van der Waals surface area contributed by atoms with Crippen molar-refractivity contribution in [2.24, 2.45) is 0 Å². The van der Waals surface area contributed by atoms with Gasteiger partial charge in [0.2, 0.25) is 0 Å². The van der Waals surface area contributed by atoms with Crippen LogP contribution < -0.4 is 10.6 Å². The van der Waals surface area contributed by atoms with Gasteiger partial charge in [-0.2, -0.15) is 0 Å². The molecule has 0 bridgehead atoms. The van der Waals surface area contributed by atoms with E-state index in [9.17, 15) is 4.79 Å². The third-order valence-electron chi connectivity index (χ3n) is 4.01. The number of aromatic nitrogens is 2. The van der Waals surface area contributed by atoms with Crippen LogP contribution in [-0.4, -0.2) is 41.7 Å². The first-order valence-electron chi connectivity index (χ1n) is 8.41. The molecule has 6 nitrogen and oxygen atoms in total. The molecule has 1 aromatic heterocycles. The smallest absolute Gasteiger partial charge is 0.271 e. The molecule has 1 fully saturated rings. The Kier molecular flexibility index (Phi) is 6.19. The number of hydrogen-bond acceptors (Lipinski definition) is 5. The van der Waals surface area contributed by atoms with Crippen molar-refractivity contribution in [3.05, 3.63) is 52.9 Å². The van der Waals surface area contributed by atoms with Gasteiger partial charge in [0, 0.05) is 24.7 Å². The number of halogens is 1. The summed E-state index contributed by atoms with van der Waals surface area (Å²) in [6.07, 6.45) is 6.16. The number of nitrogens with zero attached hydrogens (tertiary/aromatic N) is 2. The van der Waals surface area contributed by atoms with Crippen molar-refractivity contribution in [2.75, 3.05) is 25.0 Å². The Morgan fingerprint density at radius 3 is 2.96 bits per heavy atom. The van der Waals surface area contributed by atoms with Crippen molar-refractivity contribution in [3.63, 3.8) is 0 Å². The van der Waals surface area contributed by atoms with E-state index >= 15 is 0 Å². The zero-order valence-electron chi connectivity index (χ0n) is 13.9. The fourth-order valence-electron chi connectivity index (χ4n) is 2.66. The first-order valence-corrected chi connectivity index (χ1v) is 8.78. The van der Waals surface area contributed by atoms with E-state index in [1.807, 2.05) is 24.3 Å². The Morgan fingerprint density at radius 1 is 1.32 bits per heavy atom. The highest BCUT2D eigenvalue weighted by molar-refractivity contribution is 6.30. The minimum Gasteiger partial charge on any atom is -0.376 e. The molecule has 1 aliphatic heterocycles. The van der Waals surface area contributed by atoms with Gasteiger partial charge in [0.15, 0.2) is 0 Å². The van der Waals surface area contributed by atoms with Gasteiger partial charge in [-0.1, -0.05) is 23.7 Å². The average Bonchev–Trinajstić information content (AvgIpc) is 3.14. The quantitative estimate of drug-likeness (QED) is 0.794. The van der Waals surface area contributed by atoms with Gasteiger partial charge in [0.25, 0.3) is 5.91 Å². The van der Waals surface area contributed by atoms with Crippen LogP contribution in [0.2, 0.25) is 5.02 Å². The van der Waals surface area contributed by atoms with Crippen LogP contribution in [0, 0.1) is 0 Å². The van der Waals surface area contributed by atoms with Crippen molar-refractivity contribution in [1.82, 2.24) is 15.3 Å². The van der Waals surface area contributed by atoms with Crippen molar-refractivity contribution < 1.29 is 9.53 Å². The molecule has 0 saturated carbocycles. The highest BCUT2D eigenvalue weighted by Crippen LogP contribution is 2.13. The standard InChI is InChI=1S/C18H21ClN4O2/c19-14-4-1-3-13(9-14)6-7-20-18(24)16-11-23-17(12-21-16)22-10-15-5-2-8-25-15/h1,3-4,9,11-12,15H,2,5-8,10H2,(H,20,24)(H,22,23). The van der Waals surface area contributed by atoms with Crippen LogP contribution in [0.3, 0.4) is 0 Å². The first kappa shape index (κ1) is 17.6. The van der Waals surface area contributed by atoms with Crippen LogP contribution in [0.15, 0.2) is 36.7 Å². The topological polar surface area (TPSA) is 76.1 Å². The minimum absolute atomic E-state index is 0.233. The first-order chi connectivity index (χ1) is 12.2. The number of hydrogen-bond donors (Lipinski definition) is 2. The molecule has 1 amide bonds. The molecule has 1 aromatic carbocycles. The summed E-state index contributed by atoms with van der Waals surface area (Å²) in [6.45, 7) is 2.05. The lowest BCUT2D eigenvalue weighted by Crippen LogP contribution is -2.27. The number of anilines is 1. The Morgan fingerprint density at radius 2 is 2.24 bits per heavy atom. The zero-order chi connectivity index (χ0) is 17.5. The number of rotatable bonds is 7. The Labute approximate surface area is 152 Å². The Balaban J connectivity index is 1.43. The molecule has 1 unspecified atom stereocenters. The minimum atomic E-state index is -0.236. The van der Waals surface area contributed by atoms with E-state index < -0.39 is 0 Å². The normalized spacial score (nSPS) is 16.6. The lowest BCUT2D eigenvalue weighted by molar-refractivity contribution is 0.0948. The number of amides is 1. The molecule has 0 radical (unpaired) electrons. The SMILES string of the molecule is O=C(NCCc1cccc(Cl)c1)c1cnc(NCC2CCCO2)cn1. The van der Waals surface area contributed by atoms with E-state index in [1.165, 1.54) is 6.20 Å². The maximum Gasteiger partial charge on any atom is 0.271 e. The van der Waals surface area contributed by atoms with Gasteiger partial charge < -0.3 is 15.4 Å². The summed E-state index contributed by atoms with van der Waals surface area (Å²) < 4.78 is 5.54. The molecule has 0 aliphatic carbocycles. The molecule has 132 valence electrons. The summed E-state index contributed by atoms with van der Waals surface area (Å²) in [5.74, 6) is 0.409.